The van der Waals surface area contributed by atoms with Crippen LogP contribution in [0.25, 0.3) is 10.9 Å². The first-order chi connectivity index (χ1) is 13.2. The van der Waals surface area contributed by atoms with Crippen molar-refractivity contribution in [1.29, 1.82) is 0 Å². The lowest BCUT2D eigenvalue weighted by atomic mass is 9.67. The van der Waals surface area contributed by atoms with Crippen LogP contribution in [-0.2, 0) is 11.2 Å². The fraction of sp³-hybridized carbons (Fsp3) is 0.591. The fourth-order valence-electron chi connectivity index (χ4n) is 3.96. The number of aliphatic imine (C=N–C) groups is 1. The first kappa shape index (κ1) is 23.0. The van der Waals surface area contributed by atoms with E-state index in [9.17, 15) is 0 Å². The number of para-hydroxylation sites is 1. The number of ether oxygens (including phenoxy) is 1. The highest BCUT2D eigenvalue weighted by molar-refractivity contribution is 14.0. The number of hydrogen-bond donors (Lipinski definition) is 3. The molecule has 6 heteroatoms. The van der Waals surface area contributed by atoms with E-state index in [-0.39, 0.29) is 24.0 Å². The number of aromatic amines is 1. The lowest BCUT2D eigenvalue weighted by molar-refractivity contribution is 0.0778. The van der Waals surface area contributed by atoms with Crippen molar-refractivity contribution in [2.45, 2.75) is 46.0 Å². The number of guanidine groups is 1. The van der Waals surface area contributed by atoms with Crippen molar-refractivity contribution in [1.82, 2.24) is 15.6 Å². The molecule has 156 valence electrons. The molecular formula is C22H35IN4O. The Bertz CT molecular complexity index is 767. The van der Waals surface area contributed by atoms with Crippen LogP contribution in [0.5, 0.6) is 0 Å². The second-order valence-electron chi connectivity index (χ2n) is 7.78. The summed E-state index contributed by atoms with van der Waals surface area (Å²) < 4.78 is 5.29. The predicted molar refractivity (Wildman–Crippen MR) is 129 cm³/mol. The molecule has 0 bridgehead atoms. The smallest absolute Gasteiger partial charge is 0.191 e. The summed E-state index contributed by atoms with van der Waals surface area (Å²) in [5.41, 5.74) is 4.25. The van der Waals surface area contributed by atoms with Crippen molar-refractivity contribution in [2.75, 3.05) is 33.4 Å². The summed E-state index contributed by atoms with van der Waals surface area (Å²) in [6.07, 6.45) is 8.09. The van der Waals surface area contributed by atoms with E-state index in [0.29, 0.717) is 5.41 Å². The summed E-state index contributed by atoms with van der Waals surface area (Å²) in [6.45, 7) is 7.73. The molecule has 0 spiro atoms. The van der Waals surface area contributed by atoms with E-state index in [0.717, 1.165) is 45.0 Å². The normalized spacial score (nSPS) is 15.8. The Balaban J connectivity index is 0.00000280. The molecule has 0 unspecified atom stereocenters. The number of rotatable bonds is 9. The van der Waals surface area contributed by atoms with Gasteiger partial charge in [-0.3, -0.25) is 4.99 Å². The van der Waals surface area contributed by atoms with Crippen LogP contribution in [0.3, 0.4) is 0 Å². The fourth-order valence-corrected chi connectivity index (χ4v) is 3.96. The van der Waals surface area contributed by atoms with Crippen LogP contribution in [0.2, 0.25) is 0 Å². The minimum Gasteiger partial charge on any atom is -0.385 e. The Labute approximate surface area is 186 Å². The zero-order valence-corrected chi connectivity index (χ0v) is 19.8. The highest BCUT2D eigenvalue weighted by atomic mass is 127. The molecule has 2 aromatic rings. The highest BCUT2D eigenvalue weighted by Crippen LogP contribution is 2.44. The summed E-state index contributed by atoms with van der Waals surface area (Å²) in [7, 11) is 1.79. The van der Waals surface area contributed by atoms with Crippen LogP contribution in [-0.4, -0.2) is 44.3 Å². The first-order valence-corrected chi connectivity index (χ1v) is 10.2. The Morgan fingerprint density at radius 1 is 1.29 bits per heavy atom. The Hall–Kier alpha value is -1.28. The van der Waals surface area contributed by atoms with Gasteiger partial charge < -0.3 is 20.4 Å². The molecule has 1 aromatic carbocycles. The number of nitrogens with one attached hydrogen (secondary N) is 3. The topological polar surface area (TPSA) is 61.4 Å². The van der Waals surface area contributed by atoms with Crippen LogP contribution in [0.15, 0.2) is 29.4 Å². The number of methoxy groups -OCH3 is 1. The van der Waals surface area contributed by atoms with E-state index in [2.05, 4.69) is 53.9 Å². The van der Waals surface area contributed by atoms with Gasteiger partial charge in [0.2, 0.25) is 0 Å². The van der Waals surface area contributed by atoms with Gasteiger partial charge in [-0.1, -0.05) is 24.6 Å². The van der Waals surface area contributed by atoms with Crippen LogP contribution in [0, 0.1) is 12.3 Å². The second kappa shape index (κ2) is 11.0. The predicted octanol–water partition coefficient (Wildman–Crippen LogP) is 4.40. The molecule has 0 atom stereocenters. The van der Waals surface area contributed by atoms with Gasteiger partial charge in [-0.2, -0.15) is 0 Å². The van der Waals surface area contributed by atoms with Crippen molar-refractivity contribution in [3.05, 3.63) is 35.5 Å². The van der Waals surface area contributed by atoms with Crippen LogP contribution in [0.1, 0.15) is 43.7 Å². The highest BCUT2D eigenvalue weighted by Gasteiger charge is 2.36. The summed E-state index contributed by atoms with van der Waals surface area (Å²) in [5, 5.41) is 8.22. The number of hydrogen-bond acceptors (Lipinski definition) is 2. The number of benzene rings is 1. The summed E-state index contributed by atoms with van der Waals surface area (Å²) >= 11 is 0. The molecule has 0 radical (unpaired) electrons. The molecule has 0 amide bonds. The molecule has 28 heavy (non-hydrogen) atoms. The van der Waals surface area contributed by atoms with Gasteiger partial charge >= 0.3 is 0 Å². The van der Waals surface area contributed by atoms with Crippen molar-refractivity contribution < 1.29 is 4.74 Å². The number of halogens is 1. The lowest BCUT2D eigenvalue weighted by Gasteiger charge is -2.40. The number of nitrogens with zero attached hydrogens (tertiary/aromatic N) is 1. The maximum absolute atomic E-state index is 5.29. The third-order valence-corrected chi connectivity index (χ3v) is 5.86. The largest absolute Gasteiger partial charge is 0.385 e. The Morgan fingerprint density at radius 3 is 2.79 bits per heavy atom. The van der Waals surface area contributed by atoms with Gasteiger partial charge in [-0.25, -0.2) is 0 Å². The van der Waals surface area contributed by atoms with Gasteiger partial charge in [0.25, 0.3) is 0 Å². The first-order valence-electron chi connectivity index (χ1n) is 10.2. The average Bonchev–Trinajstić information content (AvgIpc) is 3.05. The van der Waals surface area contributed by atoms with Gasteiger partial charge in [-0.15, -0.1) is 24.0 Å². The third-order valence-electron chi connectivity index (χ3n) is 5.86. The minimum atomic E-state index is 0. The van der Waals surface area contributed by atoms with Gasteiger partial charge in [0.05, 0.1) is 0 Å². The number of aromatic nitrogens is 1. The monoisotopic (exact) mass is 498 g/mol. The summed E-state index contributed by atoms with van der Waals surface area (Å²) in [5.74, 6) is 0.928. The SMILES string of the molecule is CCNC(=NCC1(CCOC)CCC1)NCCc1c[nH]c2c(C)cccc12.I. The molecule has 1 aliphatic carbocycles. The molecule has 1 saturated carbocycles. The molecule has 1 aromatic heterocycles. The second-order valence-corrected chi connectivity index (χ2v) is 7.78. The van der Waals surface area contributed by atoms with E-state index < -0.39 is 0 Å². The average molecular weight is 498 g/mol. The molecule has 1 fully saturated rings. The van der Waals surface area contributed by atoms with Crippen molar-refractivity contribution in [3.8, 4) is 0 Å². The Kier molecular flexibility index (Phi) is 9.08. The minimum absolute atomic E-state index is 0. The van der Waals surface area contributed by atoms with Crippen LogP contribution < -0.4 is 10.6 Å². The van der Waals surface area contributed by atoms with Crippen molar-refractivity contribution in [2.24, 2.45) is 10.4 Å². The van der Waals surface area contributed by atoms with Gasteiger partial charge in [0.1, 0.15) is 0 Å². The third kappa shape index (κ3) is 5.63. The van der Waals surface area contributed by atoms with E-state index in [1.54, 1.807) is 7.11 Å². The Morgan fingerprint density at radius 2 is 2.11 bits per heavy atom. The quantitative estimate of drug-likeness (QED) is 0.273. The lowest BCUT2D eigenvalue weighted by Crippen LogP contribution is -2.41. The van der Waals surface area contributed by atoms with Gasteiger partial charge in [-0.05, 0) is 56.1 Å². The van der Waals surface area contributed by atoms with E-state index in [1.807, 2.05) is 0 Å². The standard InChI is InChI=1S/C22H34N4O.HI/c1-4-23-21(26-16-22(10-6-11-22)12-14-27-3)24-13-9-18-15-25-20-17(2)7-5-8-19(18)20;/h5,7-8,15,25H,4,6,9-14,16H2,1-3H3,(H2,23,24,26);1H. The maximum atomic E-state index is 5.29. The van der Waals surface area contributed by atoms with E-state index in [1.165, 1.54) is 41.3 Å². The van der Waals surface area contributed by atoms with Gasteiger partial charge in [0, 0.05) is 50.5 Å². The number of aryl methyl sites for hydroxylation is 1. The van der Waals surface area contributed by atoms with E-state index >= 15 is 0 Å². The molecule has 5 nitrogen and oxygen atoms in total. The molecule has 1 heterocycles. The molecule has 3 rings (SSSR count). The molecule has 3 N–H and O–H groups in total. The molecule has 1 aliphatic rings. The maximum Gasteiger partial charge on any atom is 0.191 e. The van der Waals surface area contributed by atoms with Crippen LogP contribution >= 0.6 is 24.0 Å². The van der Waals surface area contributed by atoms with Crippen molar-refractivity contribution in [3.63, 3.8) is 0 Å². The summed E-state index contributed by atoms with van der Waals surface area (Å²) in [4.78, 5) is 8.30. The number of fused-ring (bicyclic) bond motifs is 1. The van der Waals surface area contributed by atoms with Crippen molar-refractivity contribution >= 4 is 40.8 Å². The van der Waals surface area contributed by atoms with Crippen LogP contribution in [0.4, 0.5) is 0 Å². The molecule has 0 aliphatic heterocycles. The van der Waals surface area contributed by atoms with Gasteiger partial charge in [0.15, 0.2) is 5.96 Å². The zero-order valence-electron chi connectivity index (χ0n) is 17.4. The molecule has 0 saturated heterocycles. The zero-order chi connectivity index (χ0) is 19.1. The summed E-state index contributed by atoms with van der Waals surface area (Å²) in [6, 6.07) is 6.48. The number of H-pyrrole nitrogens is 1. The van der Waals surface area contributed by atoms with E-state index in [4.69, 9.17) is 9.73 Å². The molecular weight excluding hydrogens is 463 g/mol.